The minimum absolute atomic E-state index is 0.0847. The number of halogens is 4. The minimum Gasteiger partial charge on any atom is -0.448 e. The third-order valence-electron chi connectivity index (χ3n) is 2.64. The van der Waals surface area contributed by atoms with Crippen molar-refractivity contribution in [1.82, 2.24) is 5.32 Å². The summed E-state index contributed by atoms with van der Waals surface area (Å²) in [5, 5.41) is 3.25. The van der Waals surface area contributed by atoms with Crippen molar-refractivity contribution in [2.75, 3.05) is 6.54 Å². The van der Waals surface area contributed by atoms with Crippen molar-refractivity contribution in [3.05, 3.63) is 56.9 Å². The SMILES string of the molecule is CCNC(c1ccc(Cl)o1)c1cc(F)c(Br)cc1F. The summed E-state index contributed by atoms with van der Waals surface area (Å²) in [7, 11) is 0. The van der Waals surface area contributed by atoms with E-state index in [4.69, 9.17) is 16.0 Å². The molecule has 2 nitrogen and oxygen atoms in total. The van der Waals surface area contributed by atoms with Crippen LogP contribution < -0.4 is 5.32 Å². The van der Waals surface area contributed by atoms with E-state index >= 15 is 0 Å². The Hall–Kier alpha value is -0.910. The Kier molecular flexibility index (Phi) is 4.60. The first kappa shape index (κ1) is 14.5. The van der Waals surface area contributed by atoms with Gasteiger partial charge in [-0.2, -0.15) is 0 Å². The molecule has 1 aromatic heterocycles. The van der Waals surface area contributed by atoms with Crippen molar-refractivity contribution in [2.45, 2.75) is 13.0 Å². The lowest BCUT2D eigenvalue weighted by atomic mass is 10.0. The van der Waals surface area contributed by atoms with Gasteiger partial charge in [-0.15, -0.1) is 0 Å². The summed E-state index contributed by atoms with van der Waals surface area (Å²) in [6, 6.07) is 4.85. The van der Waals surface area contributed by atoms with Crippen LogP contribution in [-0.4, -0.2) is 6.54 Å². The Bertz CT molecular complexity index is 588. The summed E-state index contributed by atoms with van der Waals surface area (Å²) in [5.74, 6) is -0.615. The second kappa shape index (κ2) is 6.03. The molecule has 0 saturated carbocycles. The van der Waals surface area contributed by atoms with Crippen molar-refractivity contribution in [3.8, 4) is 0 Å². The van der Waals surface area contributed by atoms with Crippen molar-refractivity contribution in [2.24, 2.45) is 0 Å². The fourth-order valence-electron chi connectivity index (χ4n) is 1.81. The van der Waals surface area contributed by atoms with Crippen LogP contribution in [0.4, 0.5) is 8.78 Å². The summed E-state index contributed by atoms with van der Waals surface area (Å²) in [6.07, 6.45) is 0. The highest BCUT2D eigenvalue weighted by atomic mass is 79.9. The lowest BCUT2D eigenvalue weighted by Gasteiger charge is -2.17. The van der Waals surface area contributed by atoms with Gasteiger partial charge < -0.3 is 9.73 Å². The van der Waals surface area contributed by atoms with E-state index in [1.165, 1.54) is 0 Å². The van der Waals surface area contributed by atoms with E-state index in [0.717, 1.165) is 12.1 Å². The monoisotopic (exact) mass is 349 g/mol. The number of rotatable bonds is 4. The standard InChI is InChI=1S/C13H11BrClF2NO/c1-2-18-13(11-3-4-12(15)19-11)7-5-10(17)8(14)6-9(7)16/h3-6,13,18H,2H2,1H3. The third kappa shape index (κ3) is 3.16. The molecule has 0 bridgehead atoms. The van der Waals surface area contributed by atoms with Gasteiger partial charge in [0.1, 0.15) is 17.4 Å². The minimum atomic E-state index is -0.583. The second-order valence-corrected chi connectivity index (χ2v) is 5.15. The zero-order valence-corrected chi connectivity index (χ0v) is 12.4. The molecule has 0 aliphatic rings. The van der Waals surface area contributed by atoms with Crippen molar-refractivity contribution < 1.29 is 13.2 Å². The van der Waals surface area contributed by atoms with Crippen LogP contribution in [0.5, 0.6) is 0 Å². The first-order valence-electron chi connectivity index (χ1n) is 5.66. The van der Waals surface area contributed by atoms with Gasteiger partial charge in [0.2, 0.25) is 0 Å². The number of hydrogen-bond donors (Lipinski definition) is 1. The summed E-state index contributed by atoms with van der Waals surface area (Å²) in [6.45, 7) is 2.44. The Morgan fingerprint density at radius 2 is 2.05 bits per heavy atom. The molecule has 0 aliphatic heterocycles. The molecule has 0 saturated heterocycles. The maximum atomic E-state index is 14.0. The van der Waals surface area contributed by atoms with Crippen molar-refractivity contribution >= 4 is 27.5 Å². The van der Waals surface area contributed by atoms with E-state index in [0.29, 0.717) is 12.3 Å². The van der Waals surface area contributed by atoms with Gasteiger partial charge in [0.25, 0.3) is 0 Å². The molecule has 6 heteroatoms. The molecule has 1 N–H and O–H groups in total. The Morgan fingerprint density at radius 3 is 2.63 bits per heavy atom. The number of nitrogens with one attached hydrogen (secondary N) is 1. The van der Waals surface area contributed by atoms with Crippen LogP contribution in [0.15, 0.2) is 33.2 Å². The predicted molar refractivity (Wildman–Crippen MR) is 73.3 cm³/mol. The van der Waals surface area contributed by atoms with Crippen LogP contribution in [0, 0.1) is 11.6 Å². The van der Waals surface area contributed by atoms with Gasteiger partial charge in [0.15, 0.2) is 5.22 Å². The molecule has 2 rings (SSSR count). The fourth-order valence-corrected chi connectivity index (χ4v) is 2.28. The topological polar surface area (TPSA) is 25.2 Å². The summed E-state index contributed by atoms with van der Waals surface area (Å²) >= 11 is 8.67. The molecule has 0 fully saturated rings. The Morgan fingerprint density at radius 1 is 1.32 bits per heavy atom. The zero-order valence-electron chi connectivity index (χ0n) is 10.0. The number of benzene rings is 1. The van der Waals surface area contributed by atoms with Crippen LogP contribution >= 0.6 is 27.5 Å². The van der Waals surface area contributed by atoms with E-state index in [2.05, 4.69) is 21.2 Å². The first-order valence-corrected chi connectivity index (χ1v) is 6.83. The van der Waals surface area contributed by atoms with Crippen LogP contribution in [0.1, 0.15) is 24.3 Å². The number of hydrogen-bond acceptors (Lipinski definition) is 2. The summed E-state index contributed by atoms with van der Waals surface area (Å²) < 4.78 is 32.9. The molecule has 1 unspecified atom stereocenters. The highest BCUT2D eigenvalue weighted by Crippen LogP contribution is 2.30. The average Bonchev–Trinajstić information content (AvgIpc) is 2.78. The summed E-state index contributed by atoms with van der Waals surface area (Å²) in [4.78, 5) is 0. The first-order chi connectivity index (χ1) is 9.02. The molecule has 19 heavy (non-hydrogen) atoms. The van der Waals surface area contributed by atoms with E-state index in [-0.39, 0.29) is 15.3 Å². The fraction of sp³-hybridized carbons (Fsp3) is 0.231. The quantitative estimate of drug-likeness (QED) is 0.811. The highest BCUT2D eigenvalue weighted by molar-refractivity contribution is 9.10. The molecule has 102 valence electrons. The maximum Gasteiger partial charge on any atom is 0.193 e. The van der Waals surface area contributed by atoms with E-state index < -0.39 is 17.7 Å². The van der Waals surface area contributed by atoms with Gasteiger partial charge >= 0.3 is 0 Å². The molecular weight excluding hydrogens is 340 g/mol. The van der Waals surface area contributed by atoms with E-state index in [1.807, 2.05) is 6.92 Å². The lowest BCUT2D eigenvalue weighted by Crippen LogP contribution is -2.22. The molecule has 1 aromatic carbocycles. The number of furan rings is 1. The van der Waals surface area contributed by atoms with Gasteiger partial charge in [-0.3, -0.25) is 0 Å². The smallest absolute Gasteiger partial charge is 0.193 e. The van der Waals surface area contributed by atoms with Crippen LogP contribution in [0.2, 0.25) is 5.22 Å². The van der Waals surface area contributed by atoms with Gasteiger partial charge in [0.05, 0.1) is 10.5 Å². The van der Waals surface area contributed by atoms with E-state index in [9.17, 15) is 8.78 Å². The van der Waals surface area contributed by atoms with Gasteiger partial charge in [-0.25, -0.2) is 8.78 Å². The molecule has 0 amide bonds. The molecule has 1 heterocycles. The predicted octanol–water partition coefficient (Wildman–Crippen LogP) is 4.67. The van der Waals surface area contributed by atoms with Crippen LogP contribution in [0.3, 0.4) is 0 Å². The molecule has 0 spiro atoms. The van der Waals surface area contributed by atoms with E-state index in [1.54, 1.807) is 12.1 Å². The van der Waals surface area contributed by atoms with Gasteiger partial charge in [0, 0.05) is 5.56 Å². The molecule has 1 atom stereocenters. The Labute approximate surface area is 122 Å². The van der Waals surface area contributed by atoms with Crippen LogP contribution in [-0.2, 0) is 0 Å². The zero-order chi connectivity index (χ0) is 14.0. The van der Waals surface area contributed by atoms with Crippen molar-refractivity contribution in [3.63, 3.8) is 0 Å². The van der Waals surface area contributed by atoms with Crippen LogP contribution in [0.25, 0.3) is 0 Å². The molecule has 0 radical (unpaired) electrons. The Balaban J connectivity index is 2.47. The molecule has 0 aliphatic carbocycles. The lowest BCUT2D eigenvalue weighted by molar-refractivity contribution is 0.440. The third-order valence-corrected chi connectivity index (χ3v) is 3.45. The molecular formula is C13H11BrClF2NO. The van der Waals surface area contributed by atoms with Gasteiger partial charge in [-0.05, 0) is 58.3 Å². The molecule has 2 aromatic rings. The summed E-state index contributed by atoms with van der Waals surface area (Å²) in [5.41, 5.74) is 0.175. The largest absolute Gasteiger partial charge is 0.448 e. The highest BCUT2D eigenvalue weighted by Gasteiger charge is 2.22. The van der Waals surface area contributed by atoms with Gasteiger partial charge in [-0.1, -0.05) is 6.92 Å². The normalized spacial score (nSPS) is 12.7. The average molecular weight is 351 g/mol. The second-order valence-electron chi connectivity index (χ2n) is 3.92. The maximum absolute atomic E-state index is 14.0. The van der Waals surface area contributed by atoms with Crippen molar-refractivity contribution in [1.29, 1.82) is 0 Å².